The van der Waals surface area contributed by atoms with E-state index >= 15 is 0 Å². The first kappa shape index (κ1) is 19.3. The highest BCUT2D eigenvalue weighted by Gasteiger charge is 2.16. The van der Waals surface area contributed by atoms with Crippen LogP contribution in [0.1, 0.15) is 28.2 Å². The number of aryl methyl sites for hydroxylation is 3. The topological polar surface area (TPSA) is 90.2 Å². The fourth-order valence-electron chi connectivity index (χ4n) is 2.99. The number of non-ortho nitro benzene ring substituents is 1. The van der Waals surface area contributed by atoms with Crippen LogP contribution in [0.4, 0.5) is 17.2 Å². The first-order chi connectivity index (χ1) is 13.4. The fourth-order valence-corrected chi connectivity index (χ4v) is 2.99. The zero-order valence-electron chi connectivity index (χ0n) is 16.3. The van der Waals surface area contributed by atoms with Crippen LogP contribution in [0.15, 0.2) is 42.5 Å². The molecule has 0 saturated carbocycles. The van der Waals surface area contributed by atoms with Crippen molar-refractivity contribution in [1.29, 1.82) is 0 Å². The maximum Gasteiger partial charge on any atom is 0.273 e. The molecule has 0 atom stereocenters. The molecular weight excluding hydrogens is 356 g/mol. The van der Waals surface area contributed by atoms with Crippen molar-refractivity contribution in [2.45, 2.75) is 27.2 Å². The Bertz CT molecular complexity index is 1020. The van der Waals surface area contributed by atoms with E-state index in [0.717, 1.165) is 16.8 Å². The molecule has 0 radical (unpaired) electrons. The molecule has 0 fully saturated rings. The lowest BCUT2D eigenvalue weighted by Gasteiger charge is -2.16. The van der Waals surface area contributed by atoms with E-state index in [1.165, 1.54) is 24.8 Å². The maximum atomic E-state index is 11.0. The smallest absolute Gasteiger partial charge is 0.273 e. The summed E-state index contributed by atoms with van der Waals surface area (Å²) < 4.78 is 5.33. The van der Waals surface area contributed by atoms with E-state index in [1.54, 1.807) is 6.07 Å². The van der Waals surface area contributed by atoms with Gasteiger partial charge in [0, 0.05) is 23.7 Å². The molecule has 28 heavy (non-hydrogen) atoms. The minimum absolute atomic E-state index is 0.0303. The van der Waals surface area contributed by atoms with E-state index in [2.05, 4.69) is 46.5 Å². The maximum absolute atomic E-state index is 11.0. The van der Waals surface area contributed by atoms with Gasteiger partial charge in [0.2, 0.25) is 0 Å². The SMILES string of the molecule is COc1cc([N+](=O)[O-])ccc1Nc1nc(C)nc(C)c1Cc1ccc(C)cc1. The lowest BCUT2D eigenvalue weighted by atomic mass is 10.0. The Morgan fingerprint density at radius 1 is 1.07 bits per heavy atom. The van der Waals surface area contributed by atoms with Crippen LogP contribution in [0.2, 0.25) is 0 Å². The third kappa shape index (κ3) is 4.25. The molecule has 1 N–H and O–H groups in total. The molecule has 0 saturated heterocycles. The normalized spacial score (nSPS) is 10.6. The van der Waals surface area contributed by atoms with Crippen LogP contribution in [0, 0.1) is 30.9 Å². The number of rotatable bonds is 6. The van der Waals surface area contributed by atoms with Gasteiger partial charge in [0.25, 0.3) is 5.69 Å². The van der Waals surface area contributed by atoms with Gasteiger partial charge in [0.15, 0.2) is 0 Å². The number of nitrogens with one attached hydrogen (secondary N) is 1. The number of hydrogen-bond donors (Lipinski definition) is 1. The van der Waals surface area contributed by atoms with Crippen molar-refractivity contribution in [3.05, 3.63) is 80.8 Å². The van der Waals surface area contributed by atoms with Crippen LogP contribution < -0.4 is 10.1 Å². The Morgan fingerprint density at radius 2 is 1.79 bits per heavy atom. The second kappa shape index (κ2) is 8.04. The average molecular weight is 378 g/mol. The van der Waals surface area contributed by atoms with Gasteiger partial charge in [-0.2, -0.15) is 0 Å². The van der Waals surface area contributed by atoms with Gasteiger partial charge in [-0.15, -0.1) is 0 Å². The van der Waals surface area contributed by atoms with Crippen molar-refractivity contribution < 1.29 is 9.66 Å². The molecule has 3 rings (SSSR count). The number of ether oxygens (including phenoxy) is 1. The van der Waals surface area contributed by atoms with Crippen molar-refractivity contribution in [3.8, 4) is 5.75 Å². The molecule has 1 aromatic heterocycles. The van der Waals surface area contributed by atoms with Crippen molar-refractivity contribution in [1.82, 2.24) is 9.97 Å². The Labute approximate surface area is 163 Å². The van der Waals surface area contributed by atoms with Crippen molar-refractivity contribution in [3.63, 3.8) is 0 Å². The van der Waals surface area contributed by atoms with E-state index in [9.17, 15) is 10.1 Å². The van der Waals surface area contributed by atoms with Gasteiger partial charge in [0.05, 0.1) is 23.8 Å². The summed E-state index contributed by atoms with van der Waals surface area (Å²) in [6, 6.07) is 12.8. The molecule has 2 aromatic carbocycles. The number of nitrogens with zero attached hydrogens (tertiary/aromatic N) is 3. The molecule has 0 bridgehead atoms. The third-order valence-corrected chi connectivity index (χ3v) is 4.48. The summed E-state index contributed by atoms with van der Waals surface area (Å²) in [7, 11) is 1.48. The summed E-state index contributed by atoms with van der Waals surface area (Å²) in [6.07, 6.45) is 0.671. The average Bonchev–Trinajstić information content (AvgIpc) is 2.66. The molecule has 0 aliphatic rings. The summed E-state index contributed by atoms with van der Waals surface area (Å²) in [4.78, 5) is 19.6. The van der Waals surface area contributed by atoms with Crippen molar-refractivity contribution in [2.75, 3.05) is 12.4 Å². The van der Waals surface area contributed by atoms with Crippen LogP contribution in [-0.4, -0.2) is 22.0 Å². The molecule has 7 heteroatoms. The molecule has 0 spiro atoms. The Hall–Kier alpha value is -3.48. The molecular formula is C21H22N4O3. The zero-order valence-corrected chi connectivity index (χ0v) is 16.3. The van der Waals surface area contributed by atoms with Crippen LogP contribution in [-0.2, 0) is 6.42 Å². The summed E-state index contributed by atoms with van der Waals surface area (Å²) >= 11 is 0. The predicted octanol–water partition coefficient (Wildman–Crippen LogP) is 4.65. The van der Waals surface area contributed by atoms with Gasteiger partial charge in [-0.3, -0.25) is 10.1 Å². The Kier molecular flexibility index (Phi) is 5.54. The first-order valence-corrected chi connectivity index (χ1v) is 8.86. The van der Waals surface area contributed by atoms with E-state index in [1.807, 2.05) is 13.8 Å². The van der Waals surface area contributed by atoms with E-state index in [0.29, 0.717) is 29.5 Å². The molecule has 144 valence electrons. The van der Waals surface area contributed by atoms with Gasteiger partial charge >= 0.3 is 0 Å². The summed E-state index contributed by atoms with van der Waals surface area (Å²) in [5.74, 6) is 1.69. The predicted molar refractivity (Wildman–Crippen MR) is 108 cm³/mol. The Morgan fingerprint density at radius 3 is 2.43 bits per heavy atom. The van der Waals surface area contributed by atoms with Crippen molar-refractivity contribution in [2.24, 2.45) is 0 Å². The Balaban J connectivity index is 2.00. The first-order valence-electron chi connectivity index (χ1n) is 8.86. The van der Waals surface area contributed by atoms with Gasteiger partial charge in [-0.05, 0) is 32.4 Å². The molecule has 1 heterocycles. The second-order valence-electron chi connectivity index (χ2n) is 6.61. The monoisotopic (exact) mass is 378 g/mol. The molecule has 7 nitrogen and oxygen atoms in total. The van der Waals surface area contributed by atoms with E-state index in [4.69, 9.17) is 4.74 Å². The number of benzene rings is 2. The summed E-state index contributed by atoms with van der Waals surface area (Å²) in [5, 5.41) is 14.3. The number of hydrogen-bond acceptors (Lipinski definition) is 6. The lowest BCUT2D eigenvalue weighted by molar-refractivity contribution is -0.384. The number of anilines is 2. The summed E-state index contributed by atoms with van der Waals surface area (Å²) in [5.41, 5.74) is 4.79. The van der Waals surface area contributed by atoms with Crippen LogP contribution in [0.25, 0.3) is 0 Å². The van der Waals surface area contributed by atoms with Crippen molar-refractivity contribution >= 4 is 17.2 Å². The van der Waals surface area contributed by atoms with Gasteiger partial charge in [-0.1, -0.05) is 29.8 Å². The zero-order chi connectivity index (χ0) is 20.3. The summed E-state index contributed by atoms with van der Waals surface area (Å²) in [6.45, 7) is 5.84. The largest absolute Gasteiger partial charge is 0.494 e. The van der Waals surface area contributed by atoms with Crippen LogP contribution in [0.5, 0.6) is 5.75 Å². The van der Waals surface area contributed by atoms with Gasteiger partial charge < -0.3 is 10.1 Å². The minimum Gasteiger partial charge on any atom is -0.494 e. The number of nitro benzene ring substituents is 1. The molecule has 0 unspecified atom stereocenters. The highest BCUT2D eigenvalue weighted by atomic mass is 16.6. The highest BCUT2D eigenvalue weighted by molar-refractivity contribution is 5.69. The van der Waals surface area contributed by atoms with E-state index < -0.39 is 4.92 Å². The molecule has 3 aromatic rings. The number of aromatic nitrogens is 2. The minimum atomic E-state index is -0.450. The molecule has 0 aliphatic carbocycles. The molecule has 0 amide bonds. The van der Waals surface area contributed by atoms with Gasteiger partial charge in [0.1, 0.15) is 17.4 Å². The van der Waals surface area contributed by atoms with Gasteiger partial charge in [-0.25, -0.2) is 9.97 Å². The third-order valence-electron chi connectivity index (χ3n) is 4.48. The highest BCUT2D eigenvalue weighted by Crippen LogP contribution is 2.33. The van der Waals surface area contributed by atoms with Crippen LogP contribution >= 0.6 is 0 Å². The number of nitro groups is 1. The van der Waals surface area contributed by atoms with E-state index in [-0.39, 0.29) is 5.69 Å². The standard InChI is InChI=1S/C21H22N4O3/c1-13-5-7-16(8-6-13)11-18-14(2)22-15(3)23-21(18)24-19-10-9-17(25(26)27)12-20(19)28-4/h5-10,12H,11H2,1-4H3,(H,22,23,24). The number of methoxy groups -OCH3 is 1. The molecule has 0 aliphatic heterocycles. The lowest BCUT2D eigenvalue weighted by Crippen LogP contribution is -2.07. The quantitative estimate of drug-likeness (QED) is 0.496. The fraction of sp³-hybridized carbons (Fsp3) is 0.238. The van der Waals surface area contributed by atoms with Crippen LogP contribution in [0.3, 0.4) is 0 Å². The second-order valence-corrected chi connectivity index (χ2v) is 6.61.